The fourth-order valence-corrected chi connectivity index (χ4v) is 2.57. The highest BCUT2D eigenvalue weighted by molar-refractivity contribution is 5.82. The molecule has 1 unspecified atom stereocenters. The van der Waals surface area contributed by atoms with Crippen LogP contribution in [-0.4, -0.2) is 17.8 Å². The molecule has 0 spiro atoms. The van der Waals surface area contributed by atoms with Crippen LogP contribution in [0, 0.1) is 0 Å². The summed E-state index contributed by atoms with van der Waals surface area (Å²) < 4.78 is 0. The number of Topliss-reactive ketones (excluding diaryl/α,β-unsaturated/α-hetero) is 1. The molecule has 0 aliphatic carbocycles. The number of carbonyl (C=O) groups excluding carboxylic acids is 1. The molecule has 0 saturated heterocycles. The van der Waals surface area contributed by atoms with Crippen molar-refractivity contribution in [1.82, 2.24) is 10.3 Å². The van der Waals surface area contributed by atoms with Crippen LogP contribution in [-0.2, 0) is 4.79 Å². The third-order valence-corrected chi connectivity index (χ3v) is 3.67. The quantitative estimate of drug-likeness (QED) is 0.908. The first-order chi connectivity index (χ1) is 10.0. The predicted molar refractivity (Wildman–Crippen MR) is 86.2 cm³/mol. The Hall–Kier alpha value is -2.00. The van der Waals surface area contributed by atoms with Crippen molar-refractivity contribution in [3.63, 3.8) is 0 Å². The molecule has 0 aliphatic rings. The van der Waals surface area contributed by atoms with Crippen LogP contribution >= 0.6 is 0 Å². The molecular formula is C18H22N2O. The normalized spacial score (nSPS) is 12.4. The summed E-state index contributed by atoms with van der Waals surface area (Å²) in [6, 6.07) is 12.0. The second-order valence-corrected chi connectivity index (χ2v) is 5.55. The van der Waals surface area contributed by atoms with Gasteiger partial charge in [0.25, 0.3) is 0 Å². The van der Waals surface area contributed by atoms with Crippen LogP contribution in [0.1, 0.15) is 43.9 Å². The molecule has 0 saturated carbocycles. The highest BCUT2D eigenvalue weighted by Gasteiger charge is 2.15. The highest BCUT2D eigenvalue weighted by atomic mass is 16.1. The third kappa shape index (κ3) is 3.37. The van der Waals surface area contributed by atoms with Crippen LogP contribution in [0.5, 0.6) is 0 Å². The number of ketones is 1. The van der Waals surface area contributed by atoms with Gasteiger partial charge in [0.05, 0.1) is 11.7 Å². The smallest absolute Gasteiger partial charge is 0.151 e. The summed E-state index contributed by atoms with van der Waals surface area (Å²) in [6.07, 6.45) is 1.79. The second-order valence-electron chi connectivity index (χ2n) is 5.55. The van der Waals surface area contributed by atoms with Crippen molar-refractivity contribution < 1.29 is 4.79 Å². The lowest BCUT2D eigenvalue weighted by molar-refractivity contribution is -0.119. The summed E-state index contributed by atoms with van der Waals surface area (Å²) >= 11 is 0. The molecule has 1 atom stereocenters. The number of likely N-dealkylation sites (N-methyl/N-ethyl adjacent to an activating group) is 1. The molecule has 1 N–H and O–H groups in total. The third-order valence-electron chi connectivity index (χ3n) is 3.67. The standard InChI is InChI=1S/C18H22N2O/c1-12(2)15-7-5-6-8-16(15)17-10-9-14(11-20-17)18(19-4)13(3)21/h5-12,18-19H,1-4H3. The van der Waals surface area contributed by atoms with Gasteiger partial charge in [0, 0.05) is 11.8 Å². The summed E-state index contributed by atoms with van der Waals surface area (Å²) in [5, 5.41) is 3.02. The Morgan fingerprint density at radius 3 is 2.38 bits per heavy atom. The molecule has 1 aromatic carbocycles. The maximum atomic E-state index is 11.6. The Labute approximate surface area is 126 Å². The van der Waals surface area contributed by atoms with Crippen LogP contribution in [0.3, 0.4) is 0 Å². The highest BCUT2D eigenvalue weighted by Crippen LogP contribution is 2.28. The molecular weight excluding hydrogens is 260 g/mol. The maximum Gasteiger partial charge on any atom is 0.151 e. The van der Waals surface area contributed by atoms with E-state index in [1.54, 1.807) is 20.2 Å². The van der Waals surface area contributed by atoms with Crippen molar-refractivity contribution in [3.8, 4) is 11.3 Å². The number of hydrogen-bond donors (Lipinski definition) is 1. The molecule has 2 rings (SSSR count). The first-order valence-electron chi connectivity index (χ1n) is 7.27. The van der Waals surface area contributed by atoms with Crippen LogP contribution in [0.4, 0.5) is 0 Å². The van der Waals surface area contributed by atoms with Crippen molar-refractivity contribution >= 4 is 5.78 Å². The summed E-state index contributed by atoms with van der Waals surface area (Å²) in [5.74, 6) is 0.541. The molecule has 0 bridgehead atoms. The molecule has 0 aliphatic heterocycles. The lowest BCUT2D eigenvalue weighted by Gasteiger charge is -2.15. The number of nitrogens with zero attached hydrogens (tertiary/aromatic N) is 1. The van der Waals surface area contributed by atoms with E-state index in [0.717, 1.165) is 16.8 Å². The number of benzene rings is 1. The summed E-state index contributed by atoms with van der Waals surface area (Å²) in [7, 11) is 1.79. The largest absolute Gasteiger partial charge is 0.307 e. The van der Waals surface area contributed by atoms with Crippen LogP contribution in [0.2, 0.25) is 0 Å². The van der Waals surface area contributed by atoms with Gasteiger partial charge in [-0.1, -0.05) is 44.2 Å². The molecule has 2 aromatic rings. The Morgan fingerprint density at radius 2 is 1.86 bits per heavy atom. The van der Waals surface area contributed by atoms with Gasteiger partial charge in [-0.05, 0) is 37.1 Å². The first-order valence-corrected chi connectivity index (χ1v) is 7.27. The number of rotatable bonds is 5. The van der Waals surface area contributed by atoms with E-state index in [4.69, 9.17) is 0 Å². The molecule has 1 heterocycles. The van der Waals surface area contributed by atoms with Gasteiger partial charge < -0.3 is 5.32 Å². The van der Waals surface area contributed by atoms with E-state index in [1.807, 2.05) is 18.2 Å². The lowest BCUT2D eigenvalue weighted by atomic mass is 9.94. The SMILES string of the molecule is CNC(C(C)=O)c1ccc(-c2ccccc2C(C)C)nc1. The van der Waals surface area contributed by atoms with Crippen molar-refractivity contribution in [1.29, 1.82) is 0 Å². The van der Waals surface area contributed by atoms with Gasteiger partial charge in [-0.15, -0.1) is 0 Å². The monoisotopic (exact) mass is 282 g/mol. The van der Waals surface area contributed by atoms with Gasteiger partial charge in [-0.2, -0.15) is 0 Å². The Bertz CT molecular complexity index is 617. The van der Waals surface area contributed by atoms with Gasteiger partial charge in [-0.3, -0.25) is 9.78 Å². The first kappa shape index (κ1) is 15.4. The zero-order valence-electron chi connectivity index (χ0n) is 13.1. The van der Waals surface area contributed by atoms with Crippen molar-refractivity contribution in [2.75, 3.05) is 7.05 Å². The zero-order valence-corrected chi connectivity index (χ0v) is 13.1. The Balaban J connectivity index is 2.38. The Morgan fingerprint density at radius 1 is 1.14 bits per heavy atom. The van der Waals surface area contributed by atoms with E-state index < -0.39 is 0 Å². The zero-order chi connectivity index (χ0) is 15.4. The molecule has 0 fully saturated rings. The van der Waals surface area contributed by atoms with Gasteiger partial charge in [0.2, 0.25) is 0 Å². The fraction of sp³-hybridized carbons (Fsp3) is 0.333. The number of aromatic nitrogens is 1. The molecule has 0 amide bonds. The molecule has 1 aromatic heterocycles. The van der Waals surface area contributed by atoms with E-state index >= 15 is 0 Å². The molecule has 21 heavy (non-hydrogen) atoms. The molecule has 0 radical (unpaired) electrons. The molecule has 3 heteroatoms. The lowest BCUT2D eigenvalue weighted by Crippen LogP contribution is -2.23. The maximum absolute atomic E-state index is 11.6. The van der Waals surface area contributed by atoms with Gasteiger partial charge in [0.15, 0.2) is 5.78 Å². The van der Waals surface area contributed by atoms with Gasteiger partial charge in [0.1, 0.15) is 0 Å². The topological polar surface area (TPSA) is 42.0 Å². The Kier molecular flexibility index (Phi) is 4.86. The van der Waals surface area contributed by atoms with E-state index in [9.17, 15) is 4.79 Å². The fourth-order valence-electron chi connectivity index (χ4n) is 2.57. The van der Waals surface area contributed by atoms with Crippen molar-refractivity contribution in [2.45, 2.75) is 32.7 Å². The van der Waals surface area contributed by atoms with Crippen molar-refractivity contribution in [3.05, 3.63) is 53.7 Å². The van der Waals surface area contributed by atoms with Gasteiger partial charge >= 0.3 is 0 Å². The summed E-state index contributed by atoms with van der Waals surface area (Å²) in [5.41, 5.74) is 4.29. The van der Waals surface area contributed by atoms with Crippen LogP contribution < -0.4 is 5.32 Å². The number of hydrogen-bond acceptors (Lipinski definition) is 3. The number of nitrogens with one attached hydrogen (secondary N) is 1. The minimum atomic E-state index is -0.285. The number of pyridine rings is 1. The molecule has 110 valence electrons. The van der Waals surface area contributed by atoms with E-state index in [-0.39, 0.29) is 11.8 Å². The van der Waals surface area contributed by atoms with Gasteiger partial charge in [-0.25, -0.2) is 0 Å². The average molecular weight is 282 g/mol. The van der Waals surface area contributed by atoms with Crippen LogP contribution in [0.15, 0.2) is 42.6 Å². The number of carbonyl (C=O) groups is 1. The van der Waals surface area contributed by atoms with E-state index in [0.29, 0.717) is 5.92 Å². The minimum absolute atomic E-state index is 0.0923. The average Bonchev–Trinajstić information content (AvgIpc) is 2.48. The van der Waals surface area contributed by atoms with Crippen molar-refractivity contribution in [2.24, 2.45) is 0 Å². The predicted octanol–water partition coefficient (Wildman–Crippen LogP) is 3.72. The minimum Gasteiger partial charge on any atom is -0.307 e. The van der Waals surface area contributed by atoms with E-state index in [1.165, 1.54) is 5.56 Å². The van der Waals surface area contributed by atoms with E-state index in [2.05, 4.69) is 42.3 Å². The summed E-state index contributed by atoms with van der Waals surface area (Å²) in [6.45, 7) is 5.95. The van der Waals surface area contributed by atoms with Crippen LogP contribution in [0.25, 0.3) is 11.3 Å². The molecule has 3 nitrogen and oxygen atoms in total. The second kappa shape index (κ2) is 6.64. The summed E-state index contributed by atoms with van der Waals surface area (Å²) in [4.78, 5) is 16.1.